The van der Waals surface area contributed by atoms with Crippen molar-refractivity contribution >= 4 is 29.2 Å². The van der Waals surface area contributed by atoms with Crippen LogP contribution < -0.4 is 14.8 Å². The number of nitrogens with one attached hydrogen (secondary N) is 1. The van der Waals surface area contributed by atoms with Crippen molar-refractivity contribution in [3.8, 4) is 16.9 Å². The molecule has 7 nitrogen and oxygen atoms in total. The van der Waals surface area contributed by atoms with E-state index in [1.165, 1.54) is 54.7 Å². The number of aromatic carboxylic acids is 1. The molecule has 0 spiro atoms. The van der Waals surface area contributed by atoms with Crippen LogP contribution in [0.1, 0.15) is 55.6 Å². The van der Waals surface area contributed by atoms with Gasteiger partial charge < -0.3 is 15.2 Å². The second-order valence-electron chi connectivity index (χ2n) is 10.1. The number of anilines is 1. The molecule has 1 heterocycles. The number of ether oxygens (including phenoxy) is 1. The van der Waals surface area contributed by atoms with Gasteiger partial charge in [0.15, 0.2) is 5.82 Å². The summed E-state index contributed by atoms with van der Waals surface area (Å²) in [6, 6.07) is 11.4. The second-order valence-corrected chi connectivity index (χ2v) is 10.5. The van der Waals surface area contributed by atoms with Crippen LogP contribution >= 0.6 is 11.6 Å². The number of benzene rings is 2. The summed E-state index contributed by atoms with van der Waals surface area (Å²) in [4.78, 5) is 24.5. The van der Waals surface area contributed by atoms with Gasteiger partial charge in [0, 0.05) is 23.4 Å². The van der Waals surface area contributed by atoms with E-state index < -0.39 is 30.0 Å². The van der Waals surface area contributed by atoms with Gasteiger partial charge in [0.2, 0.25) is 24.2 Å². The third-order valence-electron chi connectivity index (χ3n) is 6.90. The number of hydrogen-bond acceptors (Lipinski definition) is 4. The molecule has 0 aliphatic heterocycles. The van der Waals surface area contributed by atoms with Crippen LogP contribution in [0.15, 0.2) is 54.7 Å². The fraction of sp³-hybridized carbons (Fsp3) is 0.321. The van der Waals surface area contributed by atoms with Crippen LogP contribution in [0.2, 0.25) is 5.02 Å². The van der Waals surface area contributed by atoms with Crippen LogP contribution in [0.3, 0.4) is 0 Å². The lowest BCUT2D eigenvalue weighted by molar-refractivity contribution is -0.909. The van der Waals surface area contributed by atoms with E-state index in [1.54, 1.807) is 0 Å². The molecule has 1 aromatic heterocycles. The Morgan fingerprint density at radius 1 is 1.18 bits per heavy atom. The van der Waals surface area contributed by atoms with Crippen molar-refractivity contribution in [2.45, 2.75) is 45.9 Å². The van der Waals surface area contributed by atoms with Crippen LogP contribution in [0.25, 0.3) is 11.1 Å². The van der Waals surface area contributed by atoms with E-state index in [1.807, 2.05) is 0 Å². The minimum Gasteiger partial charge on any atom is -0.478 e. The van der Waals surface area contributed by atoms with Gasteiger partial charge in [-0.2, -0.15) is 0 Å². The molecule has 0 bridgehead atoms. The zero-order valence-corrected chi connectivity index (χ0v) is 21.8. The van der Waals surface area contributed by atoms with Crippen molar-refractivity contribution in [2.24, 2.45) is 11.3 Å². The minimum absolute atomic E-state index is 0.0567. The summed E-state index contributed by atoms with van der Waals surface area (Å²) in [6.45, 7) is 5.36. The summed E-state index contributed by atoms with van der Waals surface area (Å²) in [6.07, 6.45) is 0.878. The van der Waals surface area contributed by atoms with E-state index in [9.17, 15) is 23.6 Å². The van der Waals surface area contributed by atoms with Crippen molar-refractivity contribution in [3.63, 3.8) is 0 Å². The number of carbonyl (C=O) groups is 2. The number of carboxylic acid groups (broad SMARTS) is 1. The predicted octanol–water partition coefficient (Wildman–Crippen LogP) is 6.22. The normalized spacial score (nSPS) is 17.4. The number of halogens is 3. The Morgan fingerprint density at radius 3 is 2.39 bits per heavy atom. The number of carboxylic acids is 1. The van der Waals surface area contributed by atoms with Crippen molar-refractivity contribution in [1.82, 2.24) is 0 Å². The molecular weight excluding hydrogens is 518 g/mol. The maximum Gasteiger partial charge on any atom is 0.335 e. The molecule has 0 radical (unpaired) electrons. The SMILES string of the molecule is CC(F)Oc1ccc(Cl)c(F)c1-c1ccc(C(CC2CC2(C)C)C(=O)Nc2ccc(C(=O)O)cc2)[n+](O)c1. The van der Waals surface area contributed by atoms with Gasteiger partial charge in [-0.25, -0.2) is 13.6 Å². The lowest BCUT2D eigenvalue weighted by Crippen LogP contribution is -2.40. The fourth-order valence-corrected chi connectivity index (χ4v) is 4.71. The Balaban J connectivity index is 1.68. The fourth-order valence-electron chi connectivity index (χ4n) is 4.55. The van der Waals surface area contributed by atoms with Gasteiger partial charge in [-0.3, -0.25) is 10.0 Å². The highest BCUT2D eigenvalue weighted by molar-refractivity contribution is 6.31. The summed E-state index contributed by atoms with van der Waals surface area (Å²) in [5.41, 5.74) is 0.855. The number of alkyl halides is 1. The molecule has 3 N–H and O–H groups in total. The Bertz CT molecular complexity index is 1380. The van der Waals surface area contributed by atoms with Gasteiger partial charge in [0.25, 0.3) is 0 Å². The van der Waals surface area contributed by atoms with Gasteiger partial charge in [0.05, 0.1) is 21.7 Å². The molecule has 1 saturated carbocycles. The molecule has 200 valence electrons. The molecule has 1 fully saturated rings. The number of pyridine rings is 1. The van der Waals surface area contributed by atoms with Gasteiger partial charge in [0.1, 0.15) is 11.7 Å². The number of amides is 1. The predicted molar refractivity (Wildman–Crippen MR) is 137 cm³/mol. The van der Waals surface area contributed by atoms with Crippen LogP contribution in [0, 0.1) is 17.2 Å². The first kappa shape index (κ1) is 27.3. The monoisotopic (exact) mass is 545 g/mol. The number of carbonyl (C=O) groups excluding carboxylic acids is 1. The molecule has 2 aromatic carbocycles. The Kier molecular flexibility index (Phi) is 7.60. The van der Waals surface area contributed by atoms with E-state index in [-0.39, 0.29) is 44.5 Å². The summed E-state index contributed by atoms with van der Waals surface area (Å²) in [5, 5.41) is 22.6. The molecule has 1 aliphatic carbocycles. The zero-order chi connectivity index (χ0) is 27.8. The summed E-state index contributed by atoms with van der Waals surface area (Å²) < 4.78 is 34.4. The maximum atomic E-state index is 15.0. The third-order valence-corrected chi connectivity index (χ3v) is 7.20. The molecule has 0 saturated heterocycles. The van der Waals surface area contributed by atoms with E-state index in [0.717, 1.165) is 18.1 Å². The first-order chi connectivity index (χ1) is 17.9. The number of hydrogen-bond donors (Lipinski definition) is 3. The summed E-state index contributed by atoms with van der Waals surface area (Å²) >= 11 is 5.95. The topological polar surface area (TPSA) is 99.7 Å². The molecule has 1 aliphatic rings. The zero-order valence-electron chi connectivity index (χ0n) is 21.0. The van der Waals surface area contributed by atoms with Gasteiger partial charge in [-0.1, -0.05) is 25.4 Å². The lowest BCUT2D eigenvalue weighted by atomic mass is 9.92. The van der Waals surface area contributed by atoms with Crippen LogP contribution in [0.4, 0.5) is 14.5 Å². The van der Waals surface area contributed by atoms with Gasteiger partial charge in [-0.15, -0.1) is 0 Å². The average molecular weight is 546 g/mol. The molecule has 3 aromatic rings. The molecule has 38 heavy (non-hydrogen) atoms. The number of rotatable bonds is 9. The van der Waals surface area contributed by atoms with Crippen molar-refractivity contribution in [2.75, 3.05) is 5.32 Å². The van der Waals surface area contributed by atoms with E-state index in [2.05, 4.69) is 19.2 Å². The molecular formula is C28H28ClF2N2O5+. The second kappa shape index (κ2) is 10.6. The molecule has 3 unspecified atom stereocenters. The van der Waals surface area contributed by atoms with E-state index in [4.69, 9.17) is 21.4 Å². The van der Waals surface area contributed by atoms with E-state index >= 15 is 0 Å². The molecule has 10 heteroatoms. The molecule has 4 rings (SSSR count). The smallest absolute Gasteiger partial charge is 0.335 e. The standard InChI is InChI=1S/C28H27ClF2N2O5/c1-15(30)38-23-11-9-21(29)25(31)24(23)17-6-10-22(33(37)14-17)20(12-18-13-28(18,2)3)26(34)32-19-7-4-16(5-8-19)27(35)36/h4-11,14-15,18,20H,12-13H2,1-3H3,(H2-,32,34,35,36,37)/p+1. The Labute approximate surface area is 223 Å². The van der Waals surface area contributed by atoms with Crippen molar-refractivity contribution in [1.29, 1.82) is 0 Å². The molecule has 1 amide bonds. The van der Waals surface area contributed by atoms with Crippen molar-refractivity contribution in [3.05, 3.63) is 76.8 Å². The number of nitrogens with zero attached hydrogens (tertiary/aromatic N) is 1. The summed E-state index contributed by atoms with van der Waals surface area (Å²) in [7, 11) is 0. The van der Waals surface area contributed by atoms with Crippen LogP contribution in [-0.2, 0) is 4.79 Å². The Morgan fingerprint density at radius 2 is 1.84 bits per heavy atom. The first-order valence-electron chi connectivity index (χ1n) is 12.1. The van der Waals surface area contributed by atoms with Crippen LogP contribution in [-0.4, -0.2) is 28.5 Å². The largest absolute Gasteiger partial charge is 0.478 e. The first-order valence-corrected chi connectivity index (χ1v) is 12.4. The average Bonchev–Trinajstić information content (AvgIpc) is 3.46. The highest BCUT2D eigenvalue weighted by Gasteiger charge is 2.48. The minimum atomic E-state index is -1.71. The third kappa shape index (κ3) is 5.88. The Hall–Kier alpha value is -3.72. The highest BCUT2D eigenvalue weighted by Crippen LogP contribution is 2.55. The van der Waals surface area contributed by atoms with E-state index in [0.29, 0.717) is 12.1 Å². The lowest BCUT2D eigenvalue weighted by Gasteiger charge is -2.16. The van der Waals surface area contributed by atoms with Gasteiger partial charge in [-0.05, 0) is 66.6 Å². The number of aromatic nitrogens is 1. The van der Waals surface area contributed by atoms with Gasteiger partial charge >= 0.3 is 5.97 Å². The maximum absolute atomic E-state index is 15.0. The van der Waals surface area contributed by atoms with Crippen LogP contribution in [0.5, 0.6) is 5.75 Å². The summed E-state index contributed by atoms with van der Waals surface area (Å²) in [5.74, 6) is -2.93. The quantitative estimate of drug-likeness (QED) is 0.219. The highest BCUT2D eigenvalue weighted by atomic mass is 35.5. The van der Waals surface area contributed by atoms with Crippen molar-refractivity contribution < 1.29 is 38.2 Å². The molecule has 3 atom stereocenters.